The Balaban J connectivity index is 1.42. The van der Waals surface area contributed by atoms with Crippen LogP contribution in [0.4, 0.5) is 0 Å². The van der Waals surface area contributed by atoms with Crippen LogP contribution in [-0.4, -0.2) is 23.6 Å². The molecule has 1 saturated heterocycles. The van der Waals surface area contributed by atoms with Crippen molar-refractivity contribution in [2.75, 3.05) is 12.3 Å². The number of rotatable bonds is 4. The highest BCUT2D eigenvalue weighted by Gasteiger charge is 2.30. The molecule has 18 heavy (non-hydrogen) atoms. The highest BCUT2D eigenvalue weighted by Crippen LogP contribution is 2.37. The molecule has 2 heteroatoms. The van der Waals surface area contributed by atoms with Gasteiger partial charge in [-0.15, -0.1) is 0 Å². The Morgan fingerprint density at radius 3 is 2.94 bits per heavy atom. The maximum Gasteiger partial charge on any atom is 0.0172 e. The molecule has 3 rings (SSSR count). The summed E-state index contributed by atoms with van der Waals surface area (Å²) in [5.41, 5.74) is 2.94. The van der Waals surface area contributed by atoms with Gasteiger partial charge in [0, 0.05) is 17.8 Å². The van der Waals surface area contributed by atoms with Gasteiger partial charge in [-0.05, 0) is 49.8 Å². The number of thioether (sulfide) groups is 1. The first-order valence-corrected chi connectivity index (χ1v) is 8.27. The summed E-state index contributed by atoms with van der Waals surface area (Å²) in [5.74, 6) is 2.18. The van der Waals surface area contributed by atoms with Crippen molar-refractivity contribution in [1.82, 2.24) is 5.32 Å². The van der Waals surface area contributed by atoms with Crippen LogP contribution in [0.1, 0.15) is 42.7 Å². The van der Waals surface area contributed by atoms with E-state index in [0.717, 1.165) is 17.2 Å². The van der Waals surface area contributed by atoms with Crippen molar-refractivity contribution in [3.63, 3.8) is 0 Å². The van der Waals surface area contributed by atoms with Crippen molar-refractivity contribution in [3.05, 3.63) is 35.4 Å². The van der Waals surface area contributed by atoms with Crippen molar-refractivity contribution in [2.45, 2.75) is 49.8 Å². The van der Waals surface area contributed by atoms with Gasteiger partial charge >= 0.3 is 0 Å². The number of aryl methyl sites for hydroxylation is 1. The Bertz CT molecular complexity index is 392. The lowest BCUT2D eigenvalue weighted by Gasteiger charge is -2.37. The third-order valence-electron chi connectivity index (χ3n) is 4.31. The van der Waals surface area contributed by atoms with Gasteiger partial charge in [0.2, 0.25) is 0 Å². The van der Waals surface area contributed by atoms with Crippen molar-refractivity contribution >= 4 is 11.8 Å². The zero-order valence-electron chi connectivity index (χ0n) is 11.2. The van der Waals surface area contributed by atoms with Crippen molar-refractivity contribution in [1.29, 1.82) is 0 Å². The van der Waals surface area contributed by atoms with Gasteiger partial charge in [-0.1, -0.05) is 29.8 Å². The summed E-state index contributed by atoms with van der Waals surface area (Å²) in [5, 5.41) is 4.65. The van der Waals surface area contributed by atoms with E-state index in [0.29, 0.717) is 0 Å². The van der Waals surface area contributed by atoms with E-state index in [4.69, 9.17) is 0 Å². The lowest BCUT2D eigenvalue weighted by Crippen LogP contribution is -2.42. The molecule has 1 heterocycles. The molecule has 2 fully saturated rings. The highest BCUT2D eigenvalue weighted by atomic mass is 32.2. The normalized spacial score (nSPS) is 31.3. The van der Waals surface area contributed by atoms with Crippen LogP contribution in [0.25, 0.3) is 0 Å². The quantitative estimate of drug-likeness (QED) is 0.886. The van der Waals surface area contributed by atoms with E-state index in [1.165, 1.54) is 43.5 Å². The van der Waals surface area contributed by atoms with Crippen LogP contribution < -0.4 is 5.32 Å². The average molecular weight is 261 g/mol. The largest absolute Gasteiger partial charge is 0.313 e. The van der Waals surface area contributed by atoms with Crippen molar-refractivity contribution in [2.24, 2.45) is 0 Å². The van der Waals surface area contributed by atoms with Crippen LogP contribution in [0.2, 0.25) is 0 Å². The molecule has 0 amide bonds. The molecule has 0 radical (unpaired) electrons. The van der Waals surface area contributed by atoms with Crippen LogP contribution in [-0.2, 0) is 0 Å². The Labute approximate surface area is 115 Å². The fourth-order valence-corrected chi connectivity index (χ4v) is 4.30. The molecule has 1 N–H and O–H groups in total. The van der Waals surface area contributed by atoms with Crippen LogP contribution >= 0.6 is 11.8 Å². The predicted octanol–water partition coefficient (Wildman–Crippen LogP) is 3.73. The van der Waals surface area contributed by atoms with Crippen LogP contribution in [0.3, 0.4) is 0 Å². The molecule has 1 aromatic rings. The minimum atomic E-state index is 0.775. The summed E-state index contributed by atoms with van der Waals surface area (Å²) in [6, 6.07) is 9.81. The summed E-state index contributed by atoms with van der Waals surface area (Å²) >= 11 is 2.16. The van der Waals surface area contributed by atoms with Gasteiger partial charge in [0.15, 0.2) is 0 Å². The van der Waals surface area contributed by atoms with Gasteiger partial charge in [-0.2, -0.15) is 11.8 Å². The fourth-order valence-electron chi connectivity index (χ4n) is 3.08. The molecular weight excluding hydrogens is 238 g/mol. The fraction of sp³-hybridized carbons (Fsp3) is 0.625. The summed E-state index contributed by atoms with van der Waals surface area (Å²) in [4.78, 5) is 0. The van der Waals surface area contributed by atoms with E-state index in [1.54, 1.807) is 5.56 Å². The van der Waals surface area contributed by atoms with E-state index in [1.807, 2.05) is 0 Å². The first-order chi connectivity index (χ1) is 8.81. The van der Waals surface area contributed by atoms with E-state index in [2.05, 4.69) is 48.3 Å². The molecule has 1 saturated carbocycles. The molecule has 0 bridgehead atoms. The minimum Gasteiger partial charge on any atom is -0.313 e. The lowest BCUT2D eigenvalue weighted by atomic mass is 9.75. The smallest absolute Gasteiger partial charge is 0.0172 e. The van der Waals surface area contributed by atoms with Crippen LogP contribution in [0.15, 0.2) is 24.3 Å². The summed E-state index contributed by atoms with van der Waals surface area (Å²) < 4.78 is 0. The van der Waals surface area contributed by atoms with E-state index in [9.17, 15) is 0 Å². The molecule has 98 valence electrons. The maximum absolute atomic E-state index is 3.75. The predicted molar refractivity (Wildman–Crippen MR) is 80.4 cm³/mol. The van der Waals surface area contributed by atoms with Crippen LogP contribution in [0, 0.1) is 6.92 Å². The molecule has 0 spiro atoms. The summed E-state index contributed by atoms with van der Waals surface area (Å²) in [6.07, 6.45) is 5.51. The average Bonchev–Trinajstić information content (AvgIpc) is 2.80. The summed E-state index contributed by atoms with van der Waals surface area (Å²) in [7, 11) is 0. The third-order valence-corrected chi connectivity index (χ3v) is 5.71. The topological polar surface area (TPSA) is 12.0 Å². The molecule has 1 atom stereocenters. The summed E-state index contributed by atoms with van der Waals surface area (Å²) in [6.45, 7) is 3.42. The molecule has 1 nitrogen and oxygen atoms in total. The van der Waals surface area contributed by atoms with Crippen LogP contribution in [0.5, 0.6) is 0 Å². The Hall–Kier alpha value is -0.470. The van der Waals surface area contributed by atoms with Gasteiger partial charge in [0.25, 0.3) is 0 Å². The van der Waals surface area contributed by atoms with Crippen molar-refractivity contribution in [3.8, 4) is 0 Å². The number of hydrogen-bond donors (Lipinski definition) is 1. The second-order valence-corrected chi connectivity index (χ2v) is 7.23. The molecule has 0 aromatic heterocycles. The SMILES string of the molecule is Cc1cccc(C2CC(NCC3CCCS3)C2)c1. The third kappa shape index (κ3) is 2.92. The van der Waals surface area contributed by atoms with Gasteiger partial charge in [0.05, 0.1) is 0 Å². The minimum absolute atomic E-state index is 0.775. The molecule has 1 aliphatic carbocycles. The number of benzene rings is 1. The first kappa shape index (κ1) is 12.6. The molecular formula is C16H23NS. The second kappa shape index (κ2) is 5.66. The van der Waals surface area contributed by atoms with E-state index in [-0.39, 0.29) is 0 Å². The second-order valence-electron chi connectivity index (χ2n) is 5.82. The van der Waals surface area contributed by atoms with E-state index < -0.39 is 0 Å². The zero-order chi connectivity index (χ0) is 12.4. The highest BCUT2D eigenvalue weighted by molar-refractivity contribution is 8.00. The maximum atomic E-state index is 3.75. The van der Waals surface area contributed by atoms with Crippen molar-refractivity contribution < 1.29 is 0 Å². The number of nitrogens with one attached hydrogen (secondary N) is 1. The molecule has 1 aliphatic heterocycles. The van der Waals surface area contributed by atoms with Gasteiger partial charge < -0.3 is 5.32 Å². The van der Waals surface area contributed by atoms with Gasteiger partial charge in [0.1, 0.15) is 0 Å². The van der Waals surface area contributed by atoms with E-state index >= 15 is 0 Å². The molecule has 1 aromatic carbocycles. The Morgan fingerprint density at radius 2 is 2.22 bits per heavy atom. The standard InChI is InChI=1S/C16H23NS/c1-12-4-2-5-13(8-12)14-9-15(10-14)17-11-16-6-3-7-18-16/h2,4-5,8,14-17H,3,6-7,9-11H2,1H3. The lowest BCUT2D eigenvalue weighted by molar-refractivity contribution is 0.291. The molecule has 2 aliphatic rings. The van der Waals surface area contributed by atoms with Gasteiger partial charge in [-0.25, -0.2) is 0 Å². The Kier molecular flexibility index (Phi) is 3.95. The first-order valence-electron chi connectivity index (χ1n) is 7.23. The monoisotopic (exact) mass is 261 g/mol. The number of hydrogen-bond acceptors (Lipinski definition) is 2. The Morgan fingerprint density at radius 1 is 1.33 bits per heavy atom. The van der Waals surface area contributed by atoms with Gasteiger partial charge in [-0.3, -0.25) is 0 Å². The molecule has 1 unspecified atom stereocenters. The zero-order valence-corrected chi connectivity index (χ0v) is 12.0.